The van der Waals surface area contributed by atoms with Gasteiger partial charge >= 0.3 is 0 Å². The predicted molar refractivity (Wildman–Crippen MR) is 87.8 cm³/mol. The Labute approximate surface area is 131 Å². The van der Waals surface area contributed by atoms with E-state index in [-0.39, 0.29) is 0 Å². The van der Waals surface area contributed by atoms with Gasteiger partial charge in [-0.2, -0.15) is 5.10 Å². The number of aromatic nitrogens is 2. The lowest BCUT2D eigenvalue weighted by atomic mass is 10.1. The minimum Gasteiger partial charge on any atom is -0.295 e. The van der Waals surface area contributed by atoms with Gasteiger partial charge in [0.25, 0.3) is 0 Å². The predicted octanol–water partition coefficient (Wildman–Crippen LogP) is 4.28. The van der Waals surface area contributed by atoms with Crippen LogP contribution in [0.1, 0.15) is 57.3 Å². The molecule has 0 aromatic carbocycles. The molecule has 1 aromatic heterocycles. The number of halogens is 1. The molecule has 1 saturated carbocycles. The van der Waals surface area contributed by atoms with Gasteiger partial charge in [-0.05, 0) is 54.6 Å². The Bertz CT molecular complexity index is 433. The summed E-state index contributed by atoms with van der Waals surface area (Å²) in [5.74, 6) is 0.774. The number of aryl methyl sites for hydroxylation is 2. The summed E-state index contributed by atoms with van der Waals surface area (Å²) in [4.78, 5) is 2.69. The molecule has 0 aliphatic heterocycles. The van der Waals surface area contributed by atoms with Crippen LogP contribution in [0, 0.1) is 12.8 Å². The fourth-order valence-corrected chi connectivity index (χ4v) is 3.59. The van der Waals surface area contributed by atoms with Crippen LogP contribution in [-0.4, -0.2) is 27.3 Å². The fourth-order valence-electron chi connectivity index (χ4n) is 3.13. The lowest BCUT2D eigenvalue weighted by Crippen LogP contribution is -2.35. The van der Waals surface area contributed by atoms with Gasteiger partial charge in [0.1, 0.15) is 0 Å². The monoisotopic (exact) mass is 341 g/mol. The molecule has 2 rings (SSSR count). The molecule has 0 amide bonds. The van der Waals surface area contributed by atoms with Gasteiger partial charge in [-0.3, -0.25) is 9.58 Å². The van der Waals surface area contributed by atoms with E-state index >= 15 is 0 Å². The van der Waals surface area contributed by atoms with E-state index < -0.39 is 0 Å². The van der Waals surface area contributed by atoms with Crippen molar-refractivity contribution in [3.63, 3.8) is 0 Å². The average molecular weight is 342 g/mol. The maximum atomic E-state index is 4.53. The van der Waals surface area contributed by atoms with E-state index in [0.717, 1.165) is 24.2 Å². The van der Waals surface area contributed by atoms with Crippen molar-refractivity contribution in [2.75, 3.05) is 6.54 Å². The summed E-state index contributed by atoms with van der Waals surface area (Å²) in [6, 6.07) is 0.774. The maximum absolute atomic E-state index is 4.53. The molecule has 0 atom stereocenters. The van der Waals surface area contributed by atoms with Crippen molar-refractivity contribution in [2.24, 2.45) is 13.0 Å². The summed E-state index contributed by atoms with van der Waals surface area (Å²) in [7, 11) is 2.06. The third-order valence-electron chi connectivity index (χ3n) is 4.45. The highest BCUT2D eigenvalue weighted by Crippen LogP contribution is 2.28. The van der Waals surface area contributed by atoms with Crippen LogP contribution in [0.4, 0.5) is 0 Å². The molecular weight excluding hydrogens is 314 g/mol. The third-order valence-corrected chi connectivity index (χ3v) is 5.48. The first-order valence-electron chi connectivity index (χ1n) is 7.91. The second-order valence-electron chi connectivity index (χ2n) is 6.56. The van der Waals surface area contributed by atoms with Crippen molar-refractivity contribution in [3.8, 4) is 0 Å². The normalized spacial score (nSPS) is 16.8. The van der Waals surface area contributed by atoms with E-state index in [1.807, 2.05) is 4.68 Å². The van der Waals surface area contributed by atoms with Crippen LogP contribution in [0.25, 0.3) is 0 Å². The van der Waals surface area contributed by atoms with Crippen LogP contribution in [0.15, 0.2) is 4.47 Å². The number of hydrogen-bond donors (Lipinski definition) is 0. The highest BCUT2D eigenvalue weighted by molar-refractivity contribution is 9.10. The summed E-state index contributed by atoms with van der Waals surface area (Å²) < 4.78 is 3.23. The summed E-state index contributed by atoms with van der Waals surface area (Å²) in [5, 5.41) is 4.53. The third kappa shape index (κ3) is 3.85. The topological polar surface area (TPSA) is 21.1 Å². The Hall–Kier alpha value is -0.350. The Morgan fingerprint density at radius 2 is 2.00 bits per heavy atom. The van der Waals surface area contributed by atoms with Crippen molar-refractivity contribution in [1.82, 2.24) is 14.7 Å². The van der Waals surface area contributed by atoms with Crippen LogP contribution in [-0.2, 0) is 13.6 Å². The summed E-state index contributed by atoms with van der Waals surface area (Å²) in [5.41, 5.74) is 2.41. The zero-order valence-electron chi connectivity index (χ0n) is 13.3. The Morgan fingerprint density at radius 3 is 2.50 bits per heavy atom. The summed E-state index contributed by atoms with van der Waals surface area (Å²) >= 11 is 3.71. The molecule has 0 saturated heterocycles. The SMILES string of the molecule is Cc1nn(C)c(CN(CCC(C)C)C2CCCC2)c1Br. The summed E-state index contributed by atoms with van der Waals surface area (Å²) in [6.07, 6.45) is 6.81. The zero-order chi connectivity index (χ0) is 14.7. The molecule has 1 heterocycles. The highest BCUT2D eigenvalue weighted by atomic mass is 79.9. The van der Waals surface area contributed by atoms with Crippen molar-refractivity contribution in [2.45, 2.75) is 65.5 Å². The smallest absolute Gasteiger partial charge is 0.0739 e. The van der Waals surface area contributed by atoms with Crippen LogP contribution < -0.4 is 0 Å². The number of nitrogens with zero attached hydrogens (tertiary/aromatic N) is 3. The number of rotatable bonds is 6. The quantitative estimate of drug-likeness (QED) is 0.769. The Kier molecular flexibility index (Phi) is 5.67. The van der Waals surface area contributed by atoms with E-state index in [1.54, 1.807) is 0 Å². The first-order chi connectivity index (χ1) is 9.49. The second kappa shape index (κ2) is 7.08. The fraction of sp³-hybridized carbons (Fsp3) is 0.812. The largest absolute Gasteiger partial charge is 0.295 e. The highest BCUT2D eigenvalue weighted by Gasteiger charge is 2.24. The van der Waals surface area contributed by atoms with E-state index in [1.165, 1.54) is 48.8 Å². The van der Waals surface area contributed by atoms with Gasteiger partial charge in [-0.1, -0.05) is 26.7 Å². The lowest BCUT2D eigenvalue weighted by Gasteiger charge is -2.29. The standard InChI is InChI=1S/C16H28BrN3/c1-12(2)9-10-20(14-7-5-6-8-14)11-15-16(17)13(3)18-19(15)4/h12,14H,5-11H2,1-4H3. The molecule has 1 fully saturated rings. The maximum Gasteiger partial charge on any atom is 0.0739 e. The van der Waals surface area contributed by atoms with Gasteiger partial charge in [-0.25, -0.2) is 0 Å². The molecule has 0 N–H and O–H groups in total. The van der Waals surface area contributed by atoms with Gasteiger partial charge in [0.2, 0.25) is 0 Å². The van der Waals surface area contributed by atoms with Crippen molar-refractivity contribution >= 4 is 15.9 Å². The first-order valence-corrected chi connectivity index (χ1v) is 8.70. The van der Waals surface area contributed by atoms with Crippen LogP contribution in [0.2, 0.25) is 0 Å². The van der Waals surface area contributed by atoms with Crippen LogP contribution in [0.5, 0.6) is 0 Å². The van der Waals surface area contributed by atoms with Crippen molar-refractivity contribution < 1.29 is 0 Å². The lowest BCUT2D eigenvalue weighted by molar-refractivity contribution is 0.175. The molecule has 114 valence electrons. The van der Waals surface area contributed by atoms with Gasteiger partial charge in [0.15, 0.2) is 0 Å². The zero-order valence-corrected chi connectivity index (χ0v) is 14.9. The molecule has 0 unspecified atom stereocenters. The molecular formula is C16H28BrN3. The molecule has 20 heavy (non-hydrogen) atoms. The van der Waals surface area contributed by atoms with Crippen molar-refractivity contribution in [3.05, 3.63) is 15.9 Å². The molecule has 0 bridgehead atoms. The average Bonchev–Trinajstić information content (AvgIpc) is 2.98. The summed E-state index contributed by atoms with van der Waals surface area (Å²) in [6.45, 7) is 8.93. The minimum absolute atomic E-state index is 0.774. The second-order valence-corrected chi connectivity index (χ2v) is 7.35. The molecule has 1 aliphatic rings. The Morgan fingerprint density at radius 1 is 1.35 bits per heavy atom. The minimum atomic E-state index is 0.774. The molecule has 1 aliphatic carbocycles. The van der Waals surface area contributed by atoms with Gasteiger partial charge in [-0.15, -0.1) is 0 Å². The Balaban J connectivity index is 2.09. The van der Waals surface area contributed by atoms with Crippen LogP contribution >= 0.6 is 15.9 Å². The molecule has 0 radical (unpaired) electrons. The van der Waals surface area contributed by atoms with Crippen LogP contribution in [0.3, 0.4) is 0 Å². The van der Waals surface area contributed by atoms with Gasteiger partial charge in [0, 0.05) is 19.6 Å². The van der Waals surface area contributed by atoms with E-state index in [9.17, 15) is 0 Å². The molecule has 0 spiro atoms. The van der Waals surface area contributed by atoms with Gasteiger partial charge in [0.05, 0.1) is 15.9 Å². The number of hydrogen-bond acceptors (Lipinski definition) is 2. The molecule has 1 aromatic rings. The molecule has 3 nitrogen and oxygen atoms in total. The first kappa shape index (κ1) is 16.0. The van der Waals surface area contributed by atoms with E-state index in [0.29, 0.717) is 0 Å². The van der Waals surface area contributed by atoms with Crippen molar-refractivity contribution in [1.29, 1.82) is 0 Å². The molecule has 4 heteroatoms. The van der Waals surface area contributed by atoms with E-state index in [2.05, 4.69) is 53.7 Å². The van der Waals surface area contributed by atoms with Gasteiger partial charge < -0.3 is 0 Å². The van der Waals surface area contributed by atoms with E-state index in [4.69, 9.17) is 0 Å².